The molecular weight excluding hydrogens is 275 g/mol. The maximum absolute atomic E-state index is 13.0. The molecule has 1 aromatic rings. The summed E-state index contributed by atoms with van der Waals surface area (Å²) in [7, 11) is -3.80. The SMILES string of the molecule is O=C(O)C1CCN(S(=O)(=O)c2cncc(F)c2)CC1. The number of aliphatic carboxylic acids is 1. The molecule has 0 saturated carbocycles. The van der Waals surface area contributed by atoms with E-state index in [0.717, 1.165) is 18.5 Å². The van der Waals surface area contributed by atoms with Crippen molar-refractivity contribution < 1.29 is 22.7 Å². The molecule has 0 bridgehead atoms. The Bertz CT molecular complexity index is 582. The molecule has 2 rings (SSSR count). The number of carboxylic acids is 1. The second-order valence-electron chi connectivity index (χ2n) is 4.36. The third-order valence-electron chi connectivity index (χ3n) is 3.12. The van der Waals surface area contributed by atoms with E-state index < -0.39 is 27.7 Å². The monoisotopic (exact) mass is 288 g/mol. The lowest BCUT2D eigenvalue weighted by Gasteiger charge is -2.29. The van der Waals surface area contributed by atoms with Gasteiger partial charge in [-0.2, -0.15) is 4.31 Å². The normalized spacial score (nSPS) is 18.4. The van der Waals surface area contributed by atoms with Gasteiger partial charge in [-0.3, -0.25) is 9.78 Å². The van der Waals surface area contributed by atoms with Crippen molar-refractivity contribution in [2.24, 2.45) is 5.92 Å². The number of nitrogens with zero attached hydrogens (tertiary/aromatic N) is 2. The second kappa shape index (κ2) is 5.22. The van der Waals surface area contributed by atoms with Crippen molar-refractivity contribution in [1.82, 2.24) is 9.29 Å². The number of carbonyl (C=O) groups is 1. The molecule has 6 nitrogen and oxygen atoms in total. The highest BCUT2D eigenvalue weighted by Crippen LogP contribution is 2.23. The fraction of sp³-hybridized carbons (Fsp3) is 0.455. The number of hydrogen-bond acceptors (Lipinski definition) is 4. The van der Waals surface area contributed by atoms with E-state index in [1.54, 1.807) is 0 Å². The first kappa shape index (κ1) is 13.9. The van der Waals surface area contributed by atoms with Crippen LogP contribution in [0.3, 0.4) is 0 Å². The predicted octanol–water partition coefficient (Wildman–Crippen LogP) is 0.706. The molecule has 0 radical (unpaired) electrons. The number of carboxylic acid groups (broad SMARTS) is 1. The first-order valence-corrected chi connectivity index (χ1v) is 7.19. The summed E-state index contributed by atoms with van der Waals surface area (Å²) in [5.74, 6) is -2.15. The summed E-state index contributed by atoms with van der Waals surface area (Å²) in [6, 6.07) is 0.908. The van der Waals surface area contributed by atoms with Gasteiger partial charge in [0.2, 0.25) is 10.0 Å². The number of halogens is 1. The van der Waals surface area contributed by atoms with E-state index in [4.69, 9.17) is 5.11 Å². The minimum atomic E-state index is -3.80. The van der Waals surface area contributed by atoms with Gasteiger partial charge in [-0.25, -0.2) is 12.8 Å². The van der Waals surface area contributed by atoms with E-state index in [1.807, 2.05) is 0 Å². The number of hydrogen-bond donors (Lipinski definition) is 1. The van der Waals surface area contributed by atoms with E-state index in [0.29, 0.717) is 0 Å². The van der Waals surface area contributed by atoms with Gasteiger partial charge >= 0.3 is 5.97 Å². The predicted molar refractivity (Wildman–Crippen MR) is 63.3 cm³/mol. The van der Waals surface area contributed by atoms with E-state index in [-0.39, 0.29) is 30.8 Å². The Morgan fingerprint density at radius 3 is 2.53 bits per heavy atom. The highest BCUT2D eigenvalue weighted by atomic mass is 32.2. The summed E-state index contributed by atoms with van der Waals surface area (Å²) < 4.78 is 38.6. The second-order valence-corrected chi connectivity index (χ2v) is 6.29. The van der Waals surface area contributed by atoms with Crippen molar-refractivity contribution in [3.05, 3.63) is 24.3 Å². The molecular formula is C11H13FN2O4S. The molecule has 1 aliphatic rings. The Morgan fingerprint density at radius 2 is 2.00 bits per heavy atom. The number of sulfonamides is 1. The number of pyridine rings is 1. The summed E-state index contributed by atoms with van der Waals surface area (Å²) in [6.07, 6.45) is 2.53. The van der Waals surface area contributed by atoms with Crippen LogP contribution in [0.2, 0.25) is 0 Å². The lowest BCUT2D eigenvalue weighted by molar-refractivity contribution is -0.142. The van der Waals surface area contributed by atoms with Crippen molar-refractivity contribution in [3.8, 4) is 0 Å². The molecule has 2 heterocycles. The highest BCUT2D eigenvalue weighted by Gasteiger charge is 2.32. The summed E-state index contributed by atoms with van der Waals surface area (Å²) in [4.78, 5) is 14.1. The standard InChI is InChI=1S/C11H13FN2O4S/c12-9-5-10(7-13-6-9)19(17,18)14-3-1-8(2-4-14)11(15)16/h5-8H,1-4H2,(H,15,16). The van der Waals surface area contributed by atoms with Gasteiger partial charge in [0, 0.05) is 19.3 Å². The molecule has 1 fully saturated rings. The Labute approximate surface area is 109 Å². The molecule has 0 amide bonds. The lowest BCUT2D eigenvalue weighted by atomic mass is 9.99. The van der Waals surface area contributed by atoms with Gasteiger partial charge in [0.1, 0.15) is 10.7 Å². The van der Waals surface area contributed by atoms with Crippen molar-refractivity contribution in [2.75, 3.05) is 13.1 Å². The Hall–Kier alpha value is -1.54. The molecule has 104 valence electrons. The van der Waals surface area contributed by atoms with Crippen LogP contribution < -0.4 is 0 Å². The minimum Gasteiger partial charge on any atom is -0.481 e. The fourth-order valence-corrected chi connectivity index (χ4v) is 3.47. The number of aromatic nitrogens is 1. The van der Waals surface area contributed by atoms with Gasteiger partial charge in [0.15, 0.2) is 0 Å². The molecule has 1 N–H and O–H groups in total. The quantitative estimate of drug-likeness (QED) is 0.885. The van der Waals surface area contributed by atoms with Crippen LogP contribution in [0.1, 0.15) is 12.8 Å². The summed E-state index contributed by atoms with van der Waals surface area (Å²) >= 11 is 0. The van der Waals surface area contributed by atoms with Crippen molar-refractivity contribution >= 4 is 16.0 Å². The van der Waals surface area contributed by atoms with Crippen molar-refractivity contribution in [1.29, 1.82) is 0 Å². The Morgan fingerprint density at radius 1 is 1.37 bits per heavy atom. The Balaban J connectivity index is 2.16. The molecule has 1 aromatic heterocycles. The molecule has 0 aliphatic carbocycles. The number of rotatable bonds is 3. The van der Waals surface area contributed by atoms with Gasteiger partial charge < -0.3 is 5.11 Å². The van der Waals surface area contributed by atoms with Gasteiger partial charge in [-0.15, -0.1) is 0 Å². The average molecular weight is 288 g/mol. The first-order chi connectivity index (χ1) is 8.91. The zero-order valence-corrected chi connectivity index (χ0v) is 10.8. The first-order valence-electron chi connectivity index (χ1n) is 5.75. The molecule has 1 saturated heterocycles. The van der Waals surface area contributed by atoms with E-state index in [2.05, 4.69) is 4.98 Å². The van der Waals surface area contributed by atoms with Crippen LogP contribution in [-0.2, 0) is 14.8 Å². The van der Waals surface area contributed by atoms with E-state index in [9.17, 15) is 17.6 Å². The van der Waals surface area contributed by atoms with Gasteiger partial charge in [-0.1, -0.05) is 0 Å². The van der Waals surface area contributed by atoms with Crippen LogP contribution in [0.25, 0.3) is 0 Å². The van der Waals surface area contributed by atoms with Crippen LogP contribution in [0.15, 0.2) is 23.4 Å². The molecule has 0 atom stereocenters. The molecule has 1 aliphatic heterocycles. The van der Waals surface area contributed by atoms with E-state index >= 15 is 0 Å². The van der Waals surface area contributed by atoms with Crippen LogP contribution >= 0.6 is 0 Å². The summed E-state index contributed by atoms with van der Waals surface area (Å²) in [5.41, 5.74) is 0. The molecule has 0 aromatic carbocycles. The maximum atomic E-state index is 13.0. The highest BCUT2D eigenvalue weighted by molar-refractivity contribution is 7.89. The molecule has 19 heavy (non-hydrogen) atoms. The van der Waals surface area contributed by atoms with Crippen LogP contribution in [0.4, 0.5) is 4.39 Å². The van der Waals surface area contributed by atoms with Crippen LogP contribution in [0, 0.1) is 11.7 Å². The smallest absolute Gasteiger partial charge is 0.306 e. The third-order valence-corrected chi connectivity index (χ3v) is 4.98. The molecule has 0 unspecified atom stereocenters. The van der Waals surface area contributed by atoms with Gasteiger partial charge in [0.05, 0.1) is 12.1 Å². The minimum absolute atomic E-state index is 0.121. The van der Waals surface area contributed by atoms with Crippen LogP contribution in [-0.4, -0.2) is 41.9 Å². The zero-order valence-electron chi connectivity index (χ0n) is 9.99. The van der Waals surface area contributed by atoms with Crippen molar-refractivity contribution in [2.45, 2.75) is 17.7 Å². The fourth-order valence-electron chi connectivity index (χ4n) is 2.03. The molecule has 0 spiro atoms. The number of piperidine rings is 1. The van der Waals surface area contributed by atoms with Crippen LogP contribution in [0.5, 0.6) is 0 Å². The maximum Gasteiger partial charge on any atom is 0.306 e. The average Bonchev–Trinajstić information content (AvgIpc) is 2.39. The Kier molecular flexibility index (Phi) is 3.81. The topological polar surface area (TPSA) is 87.6 Å². The third kappa shape index (κ3) is 2.90. The van der Waals surface area contributed by atoms with Gasteiger partial charge in [0.25, 0.3) is 0 Å². The van der Waals surface area contributed by atoms with E-state index in [1.165, 1.54) is 4.31 Å². The largest absolute Gasteiger partial charge is 0.481 e. The van der Waals surface area contributed by atoms with Crippen molar-refractivity contribution in [3.63, 3.8) is 0 Å². The molecule has 8 heteroatoms. The van der Waals surface area contributed by atoms with Gasteiger partial charge in [-0.05, 0) is 18.9 Å². The zero-order chi connectivity index (χ0) is 14.0. The summed E-state index contributed by atoms with van der Waals surface area (Å²) in [6.45, 7) is 0.242. The lowest BCUT2D eigenvalue weighted by Crippen LogP contribution is -2.40. The summed E-state index contributed by atoms with van der Waals surface area (Å²) in [5, 5.41) is 8.85.